The van der Waals surface area contributed by atoms with Crippen LogP contribution < -0.4 is 14.4 Å². The Bertz CT molecular complexity index is 1650. The molecule has 0 saturated carbocycles. The van der Waals surface area contributed by atoms with E-state index >= 15 is 0 Å². The van der Waals surface area contributed by atoms with Gasteiger partial charge >= 0.3 is 0 Å². The van der Waals surface area contributed by atoms with Crippen LogP contribution in [0.2, 0.25) is 0 Å². The number of amides is 2. The van der Waals surface area contributed by atoms with Crippen LogP contribution in [0.3, 0.4) is 0 Å². The molecule has 45 heavy (non-hydrogen) atoms. The SMILES string of the molecule is CCN1CCN(c2cccc3c2C(=O)N(C(CC2CCN(S(=O)(=O)c4cccs4)CC2)c2ccc(OC)c(OC)c2)C3=O)CC1. The van der Waals surface area contributed by atoms with Crippen LogP contribution in [0.5, 0.6) is 11.5 Å². The van der Waals surface area contributed by atoms with Crippen molar-refractivity contribution in [2.45, 2.75) is 36.4 Å². The third kappa shape index (κ3) is 5.96. The van der Waals surface area contributed by atoms with Crippen LogP contribution in [-0.4, -0.2) is 94.4 Å². The minimum atomic E-state index is -3.53. The predicted octanol–water partition coefficient (Wildman–Crippen LogP) is 4.74. The van der Waals surface area contributed by atoms with Gasteiger partial charge < -0.3 is 19.3 Å². The van der Waals surface area contributed by atoms with E-state index in [-0.39, 0.29) is 17.7 Å². The first kappa shape index (κ1) is 31.5. The molecule has 1 aromatic heterocycles. The van der Waals surface area contributed by atoms with E-state index < -0.39 is 16.1 Å². The van der Waals surface area contributed by atoms with E-state index in [2.05, 4.69) is 16.7 Å². The highest BCUT2D eigenvalue weighted by atomic mass is 32.2. The van der Waals surface area contributed by atoms with Crippen molar-refractivity contribution >= 4 is 38.9 Å². The lowest BCUT2D eigenvalue weighted by Gasteiger charge is -2.36. The smallest absolute Gasteiger partial charge is 0.264 e. The molecule has 12 heteroatoms. The molecule has 2 fully saturated rings. The lowest BCUT2D eigenvalue weighted by Crippen LogP contribution is -2.46. The molecular weight excluding hydrogens is 613 g/mol. The zero-order valence-corrected chi connectivity index (χ0v) is 27.6. The number of hydrogen-bond acceptors (Lipinski definition) is 9. The molecule has 3 aliphatic heterocycles. The highest BCUT2D eigenvalue weighted by Crippen LogP contribution is 2.42. The van der Waals surface area contributed by atoms with E-state index in [1.165, 1.54) is 16.2 Å². The summed E-state index contributed by atoms with van der Waals surface area (Å²) >= 11 is 1.22. The number of hydrogen-bond donors (Lipinski definition) is 0. The Balaban J connectivity index is 1.29. The van der Waals surface area contributed by atoms with Gasteiger partial charge in [-0.15, -0.1) is 11.3 Å². The van der Waals surface area contributed by atoms with E-state index in [0.29, 0.717) is 59.2 Å². The van der Waals surface area contributed by atoms with Crippen molar-refractivity contribution in [3.05, 3.63) is 70.6 Å². The van der Waals surface area contributed by atoms with Crippen LogP contribution >= 0.6 is 11.3 Å². The number of piperidine rings is 1. The molecule has 240 valence electrons. The van der Waals surface area contributed by atoms with Gasteiger partial charge in [0.1, 0.15) is 4.21 Å². The van der Waals surface area contributed by atoms with Gasteiger partial charge in [-0.25, -0.2) is 8.42 Å². The molecule has 4 heterocycles. The molecule has 0 bridgehead atoms. The summed E-state index contributed by atoms with van der Waals surface area (Å²) in [5.74, 6) is 0.581. The topological polar surface area (TPSA) is 99.7 Å². The van der Waals surface area contributed by atoms with Crippen molar-refractivity contribution in [2.75, 3.05) is 64.9 Å². The van der Waals surface area contributed by atoms with Crippen molar-refractivity contribution in [2.24, 2.45) is 5.92 Å². The maximum Gasteiger partial charge on any atom is 0.264 e. The fraction of sp³-hybridized carbons (Fsp3) is 0.455. The highest BCUT2D eigenvalue weighted by Gasteiger charge is 2.44. The number of sulfonamides is 1. The van der Waals surface area contributed by atoms with E-state index in [1.54, 1.807) is 48.2 Å². The normalized spacial score (nSPS) is 19.2. The number of likely N-dealkylation sites (N-methyl/N-ethyl adjacent to an activating group) is 1. The molecule has 2 saturated heterocycles. The lowest BCUT2D eigenvalue weighted by molar-refractivity contribution is 0.0549. The van der Waals surface area contributed by atoms with Gasteiger partial charge in [-0.05, 0) is 73.0 Å². The second-order valence-corrected chi connectivity index (χ2v) is 14.9. The molecule has 0 N–H and O–H groups in total. The number of anilines is 1. The number of carbonyl (C=O) groups is 2. The zero-order valence-electron chi connectivity index (χ0n) is 26.0. The molecule has 1 unspecified atom stereocenters. The highest BCUT2D eigenvalue weighted by molar-refractivity contribution is 7.91. The summed E-state index contributed by atoms with van der Waals surface area (Å²) in [5, 5.41) is 1.77. The molecule has 0 aliphatic carbocycles. The number of piperazine rings is 1. The van der Waals surface area contributed by atoms with Crippen molar-refractivity contribution in [3.8, 4) is 11.5 Å². The summed E-state index contributed by atoms with van der Waals surface area (Å²) in [6.07, 6.45) is 1.77. The van der Waals surface area contributed by atoms with Gasteiger partial charge in [-0.2, -0.15) is 4.31 Å². The Morgan fingerprint density at radius 2 is 1.62 bits per heavy atom. The van der Waals surface area contributed by atoms with Crippen LogP contribution in [0.1, 0.15) is 58.5 Å². The number of methoxy groups -OCH3 is 2. The molecule has 3 aliphatic rings. The Morgan fingerprint density at radius 3 is 2.27 bits per heavy atom. The number of benzene rings is 2. The minimum absolute atomic E-state index is 0.101. The number of fused-ring (bicyclic) bond motifs is 1. The molecule has 3 aromatic rings. The number of rotatable bonds is 10. The molecule has 2 amide bonds. The van der Waals surface area contributed by atoms with Crippen LogP contribution in [0.25, 0.3) is 0 Å². The fourth-order valence-electron chi connectivity index (χ4n) is 6.83. The molecule has 0 radical (unpaired) electrons. The predicted molar refractivity (Wildman–Crippen MR) is 174 cm³/mol. The number of thiophene rings is 1. The lowest BCUT2D eigenvalue weighted by atomic mass is 9.87. The van der Waals surface area contributed by atoms with E-state index in [9.17, 15) is 18.0 Å². The third-order valence-corrected chi connectivity index (χ3v) is 12.7. The van der Waals surface area contributed by atoms with Crippen molar-refractivity contribution in [1.82, 2.24) is 14.1 Å². The van der Waals surface area contributed by atoms with Gasteiger partial charge in [0.05, 0.1) is 37.1 Å². The summed E-state index contributed by atoms with van der Waals surface area (Å²) in [6.45, 7) is 7.30. The van der Waals surface area contributed by atoms with Crippen LogP contribution in [-0.2, 0) is 10.0 Å². The first-order valence-corrected chi connectivity index (χ1v) is 17.8. The molecular formula is C33H40N4O6S2. The minimum Gasteiger partial charge on any atom is -0.493 e. The first-order chi connectivity index (χ1) is 21.8. The first-order valence-electron chi connectivity index (χ1n) is 15.5. The number of imide groups is 1. The maximum atomic E-state index is 14.4. The summed E-state index contributed by atoms with van der Waals surface area (Å²) in [6, 6.07) is 13.9. The summed E-state index contributed by atoms with van der Waals surface area (Å²) < 4.78 is 39.3. The van der Waals surface area contributed by atoms with Crippen LogP contribution in [0.15, 0.2) is 58.1 Å². The summed E-state index contributed by atoms with van der Waals surface area (Å²) in [4.78, 5) is 34.5. The van der Waals surface area contributed by atoms with Gasteiger partial charge in [0.25, 0.3) is 21.8 Å². The Kier molecular flexibility index (Phi) is 9.19. The second-order valence-electron chi connectivity index (χ2n) is 11.7. The fourth-order valence-corrected chi connectivity index (χ4v) is 9.44. The van der Waals surface area contributed by atoms with Gasteiger partial charge in [-0.1, -0.05) is 25.1 Å². The number of carbonyl (C=O) groups excluding carboxylic acids is 2. The average molecular weight is 653 g/mol. The summed E-state index contributed by atoms with van der Waals surface area (Å²) in [5.41, 5.74) is 2.48. The van der Waals surface area contributed by atoms with Gasteiger partial charge in [0.2, 0.25) is 0 Å². The Morgan fingerprint density at radius 1 is 0.889 bits per heavy atom. The zero-order chi connectivity index (χ0) is 31.7. The molecule has 6 rings (SSSR count). The average Bonchev–Trinajstić information content (AvgIpc) is 3.71. The second kappa shape index (κ2) is 13.1. The van der Waals surface area contributed by atoms with E-state index in [4.69, 9.17) is 9.47 Å². The van der Waals surface area contributed by atoms with Gasteiger partial charge in [0, 0.05) is 39.3 Å². The standard InChI is InChI=1S/C33H40N4O6S2/c1-4-34-16-18-35(19-17-34)26-8-5-7-25-31(26)33(39)37(32(25)38)27(24-10-11-28(42-2)29(22-24)43-3)21-23-12-14-36(15-13-23)45(40,41)30-9-6-20-44-30/h5-11,20,22-23,27H,4,12-19,21H2,1-3H3. The maximum absolute atomic E-state index is 14.4. The Hall–Kier alpha value is -3.45. The monoisotopic (exact) mass is 652 g/mol. The van der Waals surface area contributed by atoms with E-state index in [0.717, 1.165) is 44.0 Å². The number of nitrogens with zero attached hydrogens (tertiary/aromatic N) is 4. The van der Waals surface area contributed by atoms with E-state index in [1.807, 2.05) is 24.3 Å². The van der Waals surface area contributed by atoms with Gasteiger partial charge in [-0.3, -0.25) is 14.5 Å². The van der Waals surface area contributed by atoms with Crippen LogP contribution in [0, 0.1) is 5.92 Å². The number of ether oxygens (including phenoxy) is 2. The third-order valence-electron chi connectivity index (χ3n) is 9.41. The quantitative estimate of drug-likeness (QED) is 0.290. The molecule has 1 atom stereocenters. The van der Waals surface area contributed by atoms with Crippen molar-refractivity contribution in [1.29, 1.82) is 0 Å². The summed E-state index contributed by atoms with van der Waals surface area (Å²) in [7, 11) is -0.404. The van der Waals surface area contributed by atoms with Crippen molar-refractivity contribution < 1.29 is 27.5 Å². The van der Waals surface area contributed by atoms with Crippen LogP contribution in [0.4, 0.5) is 5.69 Å². The van der Waals surface area contributed by atoms with Crippen molar-refractivity contribution in [3.63, 3.8) is 0 Å². The van der Waals surface area contributed by atoms with Gasteiger partial charge in [0.15, 0.2) is 11.5 Å². The Labute approximate surface area is 269 Å². The largest absolute Gasteiger partial charge is 0.493 e. The molecule has 2 aromatic carbocycles. The molecule has 10 nitrogen and oxygen atoms in total. The molecule has 0 spiro atoms.